The summed E-state index contributed by atoms with van der Waals surface area (Å²) in [6.45, 7) is 6.02. The van der Waals surface area contributed by atoms with Gasteiger partial charge in [-0.15, -0.1) is 0 Å². The maximum absolute atomic E-state index is 5.66. The van der Waals surface area contributed by atoms with Gasteiger partial charge in [-0.25, -0.2) is 4.98 Å². The van der Waals surface area contributed by atoms with Crippen LogP contribution in [-0.2, 0) is 11.3 Å². The molecule has 140 valence electrons. The second kappa shape index (κ2) is 11.7. The van der Waals surface area contributed by atoms with E-state index in [0.29, 0.717) is 25.6 Å². The summed E-state index contributed by atoms with van der Waals surface area (Å²) in [6, 6.07) is 3.91. The minimum atomic E-state index is 0.489. The van der Waals surface area contributed by atoms with Gasteiger partial charge < -0.3 is 25.0 Å². The number of guanidine groups is 1. The van der Waals surface area contributed by atoms with Gasteiger partial charge in [0.1, 0.15) is 6.61 Å². The van der Waals surface area contributed by atoms with Gasteiger partial charge in [0, 0.05) is 45.6 Å². The molecule has 0 unspecified atom stereocenters. The minimum Gasteiger partial charge on any atom is -0.475 e. The van der Waals surface area contributed by atoms with Crippen LogP contribution in [0.5, 0.6) is 5.88 Å². The number of aromatic nitrogens is 1. The van der Waals surface area contributed by atoms with Gasteiger partial charge in [-0.1, -0.05) is 12.5 Å². The topological polar surface area (TPSA) is 71.0 Å². The first-order valence-corrected chi connectivity index (χ1v) is 9.06. The zero-order valence-electron chi connectivity index (χ0n) is 15.5. The van der Waals surface area contributed by atoms with Crippen molar-refractivity contribution in [2.75, 3.05) is 53.6 Å². The van der Waals surface area contributed by atoms with E-state index in [4.69, 9.17) is 9.47 Å². The summed E-state index contributed by atoms with van der Waals surface area (Å²) in [7, 11) is 3.44. The normalized spacial score (nSPS) is 15.8. The molecule has 25 heavy (non-hydrogen) atoms. The lowest BCUT2D eigenvalue weighted by molar-refractivity contribution is 0.143. The van der Waals surface area contributed by atoms with E-state index in [9.17, 15) is 0 Å². The van der Waals surface area contributed by atoms with Crippen molar-refractivity contribution in [2.45, 2.75) is 25.8 Å². The molecule has 0 aliphatic carbocycles. The van der Waals surface area contributed by atoms with Gasteiger partial charge in [-0.3, -0.25) is 4.99 Å². The van der Waals surface area contributed by atoms with Crippen LogP contribution in [0, 0.1) is 0 Å². The summed E-state index contributed by atoms with van der Waals surface area (Å²) in [4.78, 5) is 11.1. The SMILES string of the molecule is CN=C(NCCN1CCCCC1)NCc1cccnc1OCCOC. The largest absolute Gasteiger partial charge is 0.475 e. The summed E-state index contributed by atoms with van der Waals surface area (Å²) < 4.78 is 10.7. The first kappa shape index (κ1) is 19.5. The third-order valence-electron chi connectivity index (χ3n) is 4.22. The lowest BCUT2D eigenvalue weighted by Crippen LogP contribution is -2.42. The molecular formula is C18H31N5O2. The second-order valence-corrected chi connectivity index (χ2v) is 6.06. The van der Waals surface area contributed by atoms with Gasteiger partial charge in [-0.05, 0) is 32.0 Å². The molecule has 0 atom stereocenters. The van der Waals surface area contributed by atoms with Crippen molar-refractivity contribution < 1.29 is 9.47 Å². The Morgan fingerprint density at radius 2 is 2.08 bits per heavy atom. The fourth-order valence-corrected chi connectivity index (χ4v) is 2.83. The molecule has 1 saturated heterocycles. The van der Waals surface area contributed by atoms with Gasteiger partial charge in [0.05, 0.1) is 6.61 Å². The van der Waals surface area contributed by atoms with E-state index >= 15 is 0 Å². The molecule has 0 amide bonds. The number of aliphatic imine (C=N–C) groups is 1. The van der Waals surface area contributed by atoms with E-state index in [1.807, 2.05) is 12.1 Å². The van der Waals surface area contributed by atoms with Crippen LogP contribution in [0.1, 0.15) is 24.8 Å². The van der Waals surface area contributed by atoms with Crippen molar-refractivity contribution >= 4 is 5.96 Å². The zero-order chi connectivity index (χ0) is 17.7. The number of nitrogens with zero attached hydrogens (tertiary/aromatic N) is 3. The van der Waals surface area contributed by atoms with Crippen LogP contribution in [-0.4, -0.2) is 69.4 Å². The van der Waals surface area contributed by atoms with Crippen LogP contribution in [0.25, 0.3) is 0 Å². The van der Waals surface area contributed by atoms with Crippen LogP contribution in [0.3, 0.4) is 0 Å². The first-order chi connectivity index (χ1) is 12.3. The highest BCUT2D eigenvalue weighted by Gasteiger charge is 2.10. The molecule has 0 radical (unpaired) electrons. The van der Waals surface area contributed by atoms with E-state index < -0.39 is 0 Å². The van der Waals surface area contributed by atoms with E-state index in [0.717, 1.165) is 24.6 Å². The molecule has 0 aromatic carbocycles. The van der Waals surface area contributed by atoms with Gasteiger partial charge in [0.25, 0.3) is 0 Å². The quantitative estimate of drug-likeness (QED) is 0.397. The fourth-order valence-electron chi connectivity index (χ4n) is 2.83. The highest BCUT2D eigenvalue weighted by molar-refractivity contribution is 5.79. The number of likely N-dealkylation sites (tertiary alicyclic amines) is 1. The molecule has 7 nitrogen and oxygen atoms in total. The maximum atomic E-state index is 5.66. The van der Waals surface area contributed by atoms with E-state index in [2.05, 4.69) is 25.5 Å². The summed E-state index contributed by atoms with van der Waals surface area (Å²) in [5.74, 6) is 1.43. The average Bonchev–Trinajstić information content (AvgIpc) is 2.66. The van der Waals surface area contributed by atoms with Crippen molar-refractivity contribution in [2.24, 2.45) is 4.99 Å². The van der Waals surface area contributed by atoms with Crippen molar-refractivity contribution in [1.29, 1.82) is 0 Å². The molecular weight excluding hydrogens is 318 g/mol. The fraction of sp³-hybridized carbons (Fsp3) is 0.667. The Morgan fingerprint density at radius 3 is 2.84 bits per heavy atom. The lowest BCUT2D eigenvalue weighted by atomic mass is 10.1. The second-order valence-electron chi connectivity index (χ2n) is 6.06. The molecule has 1 aliphatic heterocycles. The van der Waals surface area contributed by atoms with Crippen LogP contribution < -0.4 is 15.4 Å². The van der Waals surface area contributed by atoms with Crippen LogP contribution in [0.4, 0.5) is 0 Å². The third-order valence-corrected chi connectivity index (χ3v) is 4.22. The molecule has 0 bridgehead atoms. The monoisotopic (exact) mass is 349 g/mol. The number of nitrogens with one attached hydrogen (secondary N) is 2. The highest BCUT2D eigenvalue weighted by Crippen LogP contribution is 2.13. The van der Waals surface area contributed by atoms with Gasteiger partial charge in [0.15, 0.2) is 5.96 Å². The maximum Gasteiger partial charge on any atom is 0.218 e. The minimum absolute atomic E-state index is 0.489. The van der Waals surface area contributed by atoms with Crippen molar-refractivity contribution in [3.8, 4) is 5.88 Å². The summed E-state index contributed by atoms with van der Waals surface area (Å²) in [5.41, 5.74) is 0.998. The van der Waals surface area contributed by atoms with Crippen LogP contribution in [0.2, 0.25) is 0 Å². The van der Waals surface area contributed by atoms with Crippen molar-refractivity contribution in [3.05, 3.63) is 23.9 Å². The number of methoxy groups -OCH3 is 1. The Bertz CT molecular complexity index is 518. The van der Waals surface area contributed by atoms with Gasteiger partial charge in [0.2, 0.25) is 5.88 Å². The molecule has 1 aromatic rings. The number of ether oxygens (including phenoxy) is 2. The molecule has 1 aromatic heterocycles. The summed E-state index contributed by atoms with van der Waals surface area (Å²) in [6.07, 6.45) is 5.74. The molecule has 1 aliphatic rings. The highest BCUT2D eigenvalue weighted by atomic mass is 16.5. The number of pyridine rings is 1. The van der Waals surface area contributed by atoms with E-state index in [1.54, 1.807) is 20.4 Å². The summed E-state index contributed by atoms with van der Waals surface area (Å²) in [5, 5.41) is 6.70. The number of hydrogen-bond acceptors (Lipinski definition) is 5. The van der Waals surface area contributed by atoms with Gasteiger partial charge in [-0.2, -0.15) is 0 Å². The molecule has 2 heterocycles. The molecule has 0 saturated carbocycles. The molecule has 2 N–H and O–H groups in total. The first-order valence-electron chi connectivity index (χ1n) is 9.06. The zero-order valence-corrected chi connectivity index (χ0v) is 15.5. The standard InChI is InChI=1S/C18H31N5O2/c1-19-18(21-9-12-23-10-4-3-5-11-23)22-15-16-7-6-8-20-17(16)25-14-13-24-2/h6-8H,3-5,9-15H2,1-2H3,(H2,19,21,22). The van der Waals surface area contributed by atoms with Gasteiger partial charge >= 0.3 is 0 Å². The Hall–Kier alpha value is -1.86. The predicted molar refractivity (Wildman–Crippen MR) is 100 cm³/mol. The predicted octanol–water partition coefficient (Wildman–Crippen LogP) is 1.26. The Kier molecular flexibility index (Phi) is 9.07. The van der Waals surface area contributed by atoms with E-state index in [-0.39, 0.29) is 0 Å². The summed E-state index contributed by atoms with van der Waals surface area (Å²) >= 11 is 0. The average molecular weight is 349 g/mol. The Morgan fingerprint density at radius 1 is 1.24 bits per heavy atom. The van der Waals surface area contributed by atoms with E-state index in [1.165, 1.54) is 32.4 Å². The number of rotatable bonds is 9. The smallest absolute Gasteiger partial charge is 0.218 e. The molecule has 2 rings (SSSR count). The van der Waals surface area contributed by atoms with Crippen molar-refractivity contribution in [1.82, 2.24) is 20.5 Å². The molecule has 7 heteroatoms. The van der Waals surface area contributed by atoms with Crippen LogP contribution >= 0.6 is 0 Å². The Labute approximate surface area is 150 Å². The molecule has 1 fully saturated rings. The number of piperidine rings is 1. The molecule has 0 spiro atoms. The lowest BCUT2D eigenvalue weighted by Gasteiger charge is -2.26. The van der Waals surface area contributed by atoms with Crippen LogP contribution in [0.15, 0.2) is 23.3 Å². The number of hydrogen-bond donors (Lipinski definition) is 2. The Balaban J connectivity index is 1.74. The van der Waals surface area contributed by atoms with Crippen molar-refractivity contribution in [3.63, 3.8) is 0 Å². The third kappa shape index (κ3) is 7.27.